The molecule has 3 amide bonds. The summed E-state index contributed by atoms with van der Waals surface area (Å²) in [5.74, 6) is -0.763. The normalized spacial score (nSPS) is 29.6. The fraction of sp³-hybridized carbons (Fsp3) is 0.609. The molecule has 1 aliphatic carbocycles. The highest BCUT2D eigenvalue weighted by molar-refractivity contribution is 6.05. The van der Waals surface area contributed by atoms with Crippen LogP contribution >= 0.6 is 0 Å². The number of carbonyl (C=O) groups is 3. The number of hydrogen-bond acceptors (Lipinski definition) is 6. The van der Waals surface area contributed by atoms with E-state index >= 15 is 0 Å². The average molecular weight is 427 g/mol. The van der Waals surface area contributed by atoms with E-state index in [1.807, 2.05) is 19.2 Å². The molecule has 166 valence electrons. The minimum Gasteiger partial charge on any atom is -0.381 e. The topological polar surface area (TPSA) is 99.8 Å². The lowest BCUT2D eigenvalue weighted by Crippen LogP contribution is -2.66. The van der Waals surface area contributed by atoms with Gasteiger partial charge in [-0.1, -0.05) is 12.1 Å². The van der Waals surface area contributed by atoms with Gasteiger partial charge in [-0.05, 0) is 56.0 Å². The van der Waals surface area contributed by atoms with E-state index in [1.165, 1.54) is 0 Å². The van der Waals surface area contributed by atoms with Gasteiger partial charge in [-0.2, -0.15) is 0 Å². The number of fused-ring (bicyclic) bond motifs is 1. The number of hydrogen-bond donors (Lipinski definition) is 3. The summed E-state index contributed by atoms with van der Waals surface area (Å²) in [5, 5.41) is 9.54. The molecule has 31 heavy (non-hydrogen) atoms. The zero-order valence-corrected chi connectivity index (χ0v) is 17.9. The summed E-state index contributed by atoms with van der Waals surface area (Å²) in [7, 11) is 1.82. The minimum absolute atomic E-state index is 0.125. The summed E-state index contributed by atoms with van der Waals surface area (Å²) in [6.45, 7) is 3.24. The van der Waals surface area contributed by atoms with Crippen LogP contribution in [0.2, 0.25) is 0 Å². The molecule has 8 heteroatoms. The Balaban J connectivity index is 1.25. The maximum absolute atomic E-state index is 12.9. The molecule has 1 aromatic carbocycles. The molecule has 4 aliphatic rings. The Morgan fingerprint density at radius 3 is 2.77 bits per heavy atom. The Morgan fingerprint density at radius 1 is 1.23 bits per heavy atom. The monoisotopic (exact) mass is 426 g/mol. The van der Waals surface area contributed by atoms with Gasteiger partial charge in [0.15, 0.2) is 0 Å². The van der Waals surface area contributed by atoms with E-state index in [0.29, 0.717) is 30.7 Å². The van der Waals surface area contributed by atoms with Crippen molar-refractivity contribution < 1.29 is 19.1 Å². The van der Waals surface area contributed by atoms with Gasteiger partial charge in [0.1, 0.15) is 6.04 Å². The number of nitrogens with zero attached hydrogens (tertiary/aromatic N) is 1. The van der Waals surface area contributed by atoms with Gasteiger partial charge in [0.05, 0.1) is 6.10 Å². The summed E-state index contributed by atoms with van der Waals surface area (Å²) >= 11 is 0. The van der Waals surface area contributed by atoms with Crippen molar-refractivity contribution in [3.8, 4) is 0 Å². The first-order valence-corrected chi connectivity index (χ1v) is 11.3. The number of ether oxygens (including phenoxy) is 1. The van der Waals surface area contributed by atoms with Gasteiger partial charge >= 0.3 is 0 Å². The van der Waals surface area contributed by atoms with Crippen LogP contribution < -0.4 is 16.0 Å². The summed E-state index contributed by atoms with van der Waals surface area (Å²) in [4.78, 5) is 38.1. The van der Waals surface area contributed by atoms with Gasteiger partial charge in [-0.25, -0.2) is 0 Å². The van der Waals surface area contributed by atoms with Crippen molar-refractivity contribution in [3.05, 3.63) is 34.9 Å². The first-order chi connectivity index (χ1) is 15.0. The zero-order chi connectivity index (χ0) is 21.6. The van der Waals surface area contributed by atoms with Crippen molar-refractivity contribution in [1.82, 2.24) is 20.9 Å². The van der Waals surface area contributed by atoms with E-state index in [2.05, 4.69) is 22.0 Å². The fourth-order valence-corrected chi connectivity index (χ4v) is 5.91. The zero-order valence-electron chi connectivity index (χ0n) is 17.9. The van der Waals surface area contributed by atoms with Gasteiger partial charge < -0.3 is 20.3 Å². The van der Waals surface area contributed by atoms with Crippen LogP contribution in [0.25, 0.3) is 0 Å². The van der Waals surface area contributed by atoms with Crippen molar-refractivity contribution in [2.45, 2.75) is 63.4 Å². The second-order valence-electron chi connectivity index (χ2n) is 9.27. The van der Waals surface area contributed by atoms with Crippen molar-refractivity contribution >= 4 is 17.7 Å². The molecule has 3 aliphatic heterocycles. The molecular weight excluding hydrogens is 396 g/mol. The molecule has 0 radical (unpaired) electrons. The predicted molar refractivity (Wildman–Crippen MR) is 113 cm³/mol. The van der Waals surface area contributed by atoms with E-state index in [9.17, 15) is 14.4 Å². The highest BCUT2D eigenvalue weighted by atomic mass is 16.5. The molecule has 0 bridgehead atoms. The first-order valence-electron chi connectivity index (χ1n) is 11.3. The van der Waals surface area contributed by atoms with E-state index in [1.54, 1.807) is 4.90 Å². The maximum atomic E-state index is 12.9. The number of amides is 3. The quantitative estimate of drug-likeness (QED) is 0.600. The molecule has 3 atom stereocenters. The SMILES string of the molecule is COC1CC(NCc2ccc3c(c2)CN(C2CCC(=O)NC2=O)C3=O)C12CCNCC2. The Labute approximate surface area is 182 Å². The highest BCUT2D eigenvalue weighted by Crippen LogP contribution is 2.49. The van der Waals surface area contributed by atoms with E-state index in [0.717, 1.165) is 50.0 Å². The fourth-order valence-electron chi connectivity index (χ4n) is 5.91. The average Bonchev–Trinajstić information content (AvgIpc) is 3.09. The van der Waals surface area contributed by atoms with Gasteiger partial charge in [0, 0.05) is 43.6 Å². The Kier molecular flexibility index (Phi) is 5.32. The minimum atomic E-state index is -0.570. The molecular formula is C23H30N4O4. The lowest BCUT2D eigenvalue weighted by atomic mass is 9.57. The molecule has 3 fully saturated rings. The maximum Gasteiger partial charge on any atom is 0.255 e. The van der Waals surface area contributed by atoms with Crippen LogP contribution in [0.15, 0.2) is 18.2 Å². The van der Waals surface area contributed by atoms with Gasteiger partial charge in [0.25, 0.3) is 5.91 Å². The van der Waals surface area contributed by atoms with Crippen LogP contribution in [0, 0.1) is 5.41 Å². The number of benzene rings is 1. The lowest BCUT2D eigenvalue weighted by Gasteiger charge is -2.57. The van der Waals surface area contributed by atoms with Gasteiger partial charge in [0.2, 0.25) is 11.8 Å². The molecule has 1 saturated carbocycles. The van der Waals surface area contributed by atoms with Crippen LogP contribution in [0.3, 0.4) is 0 Å². The molecule has 3 N–H and O–H groups in total. The smallest absolute Gasteiger partial charge is 0.255 e. The summed E-state index contributed by atoms with van der Waals surface area (Å²) in [6, 6.07) is 5.82. The van der Waals surface area contributed by atoms with Gasteiger partial charge in [-0.15, -0.1) is 0 Å². The van der Waals surface area contributed by atoms with Crippen molar-refractivity contribution in [1.29, 1.82) is 0 Å². The summed E-state index contributed by atoms with van der Waals surface area (Å²) in [6.07, 6.45) is 4.27. The molecule has 3 heterocycles. The lowest BCUT2D eigenvalue weighted by molar-refractivity contribution is -0.136. The molecule has 3 unspecified atom stereocenters. The van der Waals surface area contributed by atoms with Gasteiger partial charge in [-0.3, -0.25) is 19.7 Å². The van der Waals surface area contributed by atoms with Crippen molar-refractivity contribution in [2.24, 2.45) is 5.41 Å². The summed E-state index contributed by atoms with van der Waals surface area (Å²) in [5.41, 5.74) is 2.97. The van der Waals surface area contributed by atoms with Crippen molar-refractivity contribution in [2.75, 3.05) is 20.2 Å². The molecule has 2 saturated heterocycles. The Hall–Kier alpha value is -2.29. The molecule has 8 nitrogen and oxygen atoms in total. The number of rotatable bonds is 5. The molecule has 5 rings (SSSR count). The van der Waals surface area contributed by atoms with Crippen LogP contribution in [0.4, 0.5) is 0 Å². The number of nitrogens with one attached hydrogen (secondary N) is 3. The number of methoxy groups -OCH3 is 1. The van der Waals surface area contributed by atoms with E-state index in [4.69, 9.17) is 4.74 Å². The van der Waals surface area contributed by atoms with Crippen LogP contribution in [-0.2, 0) is 27.4 Å². The van der Waals surface area contributed by atoms with E-state index in [-0.39, 0.29) is 29.6 Å². The third-order valence-electron chi connectivity index (χ3n) is 7.74. The van der Waals surface area contributed by atoms with Crippen LogP contribution in [-0.4, -0.2) is 61.0 Å². The summed E-state index contributed by atoms with van der Waals surface area (Å²) < 4.78 is 5.75. The Morgan fingerprint density at radius 2 is 2.03 bits per heavy atom. The number of imide groups is 1. The second kappa shape index (κ2) is 8.00. The number of carbonyl (C=O) groups excluding carboxylic acids is 3. The molecule has 0 aromatic heterocycles. The first kappa shape index (κ1) is 20.6. The standard InChI is InChI=1S/C23H30N4O4/c1-31-19-11-18(23(19)6-8-24-9-7-23)25-12-14-2-3-16-15(10-14)13-27(22(16)30)17-4-5-20(28)26-21(17)29/h2-3,10,17-19,24-25H,4-9,11-13H2,1H3,(H,26,28,29). The van der Waals surface area contributed by atoms with Crippen molar-refractivity contribution in [3.63, 3.8) is 0 Å². The third kappa shape index (κ3) is 3.46. The molecule has 1 aromatic rings. The highest BCUT2D eigenvalue weighted by Gasteiger charge is 2.55. The Bertz CT molecular complexity index is 911. The largest absolute Gasteiger partial charge is 0.381 e. The second-order valence-corrected chi connectivity index (χ2v) is 9.27. The predicted octanol–water partition coefficient (Wildman–Crippen LogP) is 0.694. The van der Waals surface area contributed by atoms with E-state index < -0.39 is 6.04 Å². The van der Waals surface area contributed by atoms with Crippen LogP contribution in [0.5, 0.6) is 0 Å². The number of piperidine rings is 2. The third-order valence-corrected chi connectivity index (χ3v) is 7.74. The van der Waals surface area contributed by atoms with Crippen LogP contribution in [0.1, 0.15) is 53.6 Å². The molecule has 1 spiro atoms.